The van der Waals surface area contributed by atoms with Crippen molar-refractivity contribution in [1.82, 2.24) is 9.55 Å². The van der Waals surface area contributed by atoms with Crippen LogP contribution in [-0.4, -0.2) is 9.55 Å². The van der Waals surface area contributed by atoms with Crippen LogP contribution in [0.15, 0.2) is 60.9 Å². The highest BCUT2D eigenvalue weighted by molar-refractivity contribution is 6.31. The largest absolute Gasteiger partial charge is 0.330 e. The van der Waals surface area contributed by atoms with E-state index in [0.717, 1.165) is 28.5 Å². The fourth-order valence-corrected chi connectivity index (χ4v) is 2.55. The Morgan fingerprint density at radius 3 is 2.59 bits per heavy atom. The van der Waals surface area contributed by atoms with Crippen LogP contribution in [0, 0.1) is 11.3 Å². The second kappa shape index (κ2) is 6.46. The van der Waals surface area contributed by atoms with E-state index >= 15 is 0 Å². The fourth-order valence-electron chi connectivity index (χ4n) is 2.34. The molecule has 4 heteroatoms. The molecule has 0 saturated carbocycles. The molecule has 0 spiro atoms. The van der Waals surface area contributed by atoms with E-state index in [1.165, 1.54) is 0 Å². The number of nitriles is 1. The number of rotatable bonds is 4. The van der Waals surface area contributed by atoms with Crippen molar-refractivity contribution >= 4 is 11.6 Å². The van der Waals surface area contributed by atoms with Crippen LogP contribution in [0.25, 0.3) is 0 Å². The van der Waals surface area contributed by atoms with Crippen LogP contribution >= 0.6 is 11.6 Å². The molecule has 22 heavy (non-hydrogen) atoms. The van der Waals surface area contributed by atoms with Crippen molar-refractivity contribution in [2.24, 2.45) is 0 Å². The number of aromatic nitrogens is 2. The van der Waals surface area contributed by atoms with Gasteiger partial charge in [0.1, 0.15) is 5.82 Å². The number of nitrogens with zero attached hydrogens (tertiary/aromatic N) is 3. The van der Waals surface area contributed by atoms with Gasteiger partial charge in [-0.25, -0.2) is 4.98 Å². The molecule has 0 atom stereocenters. The quantitative estimate of drug-likeness (QED) is 0.729. The molecule has 0 aliphatic carbocycles. The Morgan fingerprint density at radius 1 is 1.09 bits per heavy atom. The fraction of sp³-hybridized carbons (Fsp3) is 0.111. The monoisotopic (exact) mass is 307 g/mol. The Bertz CT molecular complexity index is 813. The molecule has 0 unspecified atom stereocenters. The van der Waals surface area contributed by atoms with Gasteiger partial charge in [-0.2, -0.15) is 5.26 Å². The maximum Gasteiger partial charge on any atom is 0.113 e. The Labute approximate surface area is 134 Å². The summed E-state index contributed by atoms with van der Waals surface area (Å²) < 4.78 is 2.10. The van der Waals surface area contributed by atoms with Crippen molar-refractivity contribution in [3.63, 3.8) is 0 Å². The molecule has 0 fully saturated rings. The van der Waals surface area contributed by atoms with Crippen molar-refractivity contribution < 1.29 is 0 Å². The third-order valence-corrected chi connectivity index (χ3v) is 3.91. The van der Waals surface area contributed by atoms with E-state index in [2.05, 4.69) is 15.6 Å². The highest BCUT2D eigenvalue weighted by Crippen LogP contribution is 2.18. The van der Waals surface area contributed by atoms with Crippen LogP contribution in [0.4, 0.5) is 0 Å². The lowest BCUT2D eigenvalue weighted by molar-refractivity contribution is 0.740. The standard InChI is InChI=1S/C18H14ClN3/c19-17-4-2-1-3-16(17)11-18-21-9-10-22(18)13-15-7-5-14(12-20)6-8-15/h1-10H,11,13H2. The summed E-state index contributed by atoms with van der Waals surface area (Å²) in [6.45, 7) is 0.728. The zero-order valence-electron chi connectivity index (χ0n) is 11.9. The maximum absolute atomic E-state index is 8.84. The Hall–Kier alpha value is -2.57. The SMILES string of the molecule is N#Cc1ccc(Cn2ccnc2Cc2ccccc2Cl)cc1. The van der Waals surface area contributed by atoms with Crippen LogP contribution in [0.3, 0.4) is 0 Å². The highest BCUT2D eigenvalue weighted by atomic mass is 35.5. The molecular formula is C18H14ClN3. The van der Waals surface area contributed by atoms with Gasteiger partial charge in [-0.1, -0.05) is 41.9 Å². The predicted octanol–water partition coefficient (Wildman–Crippen LogP) is 4.05. The van der Waals surface area contributed by atoms with Gasteiger partial charge in [-0.15, -0.1) is 0 Å². The van der Waals surface area contributed by atoms with E-state index in [1.54, 1.807) is 6.20 Å². The maximum atomic E-state index is 8.84. The minimum atomic E-state index is 0.672. The summed E-state index contributed by atoms with van der Waals surface area (Å²) in [5.41, 5.74) is 2.87. The lowest BCUT2D eigenvalue weighted by Crippen LogP contribution is -2.05. The summed E-state index contributed by atoms with van der Waals surface area (Å²) in [7, 11) is 0. The summed E-state index contributed by atoms with van der Waals surface area (Å²) in [5.74, 6) is 0.970. The van der Waals surface area contributed by atoms with Crippen LogP contribution in [0.1, 0.15) is 22.5 Å². The summed E-state index contributed by atoms with van der Waals surface area (Å²) in [6.07, 6.45) is 4.46. The minimum absolute atomic E-state index is 0.672. The number of halogens is 1. The van der Waals surface area contributed by atoms with Crippen molar-refractivity contribution in [2.45, 2.75) is 13.0 Å². The molecule has 0 radical (unpaired) electrons. The molecule has 0 saturated heterocycles. The molecule has 3 rings (SSSR count). The van der Waals surface area contributed by atoms with Crippen molar-refractivity contribution in [1.29, 1.82) is 5.26 Å². The predicted molar refractivity (Wildman–Crippen MR) is 86.7 cm³/mol. The molecule has 3 aromatic rings. The van der Waals surface area contributed by atoms with Gasteiger partial charge in [0.15, 0.2) is 0 Å². The molecule has 0 N–H and O–H groups in total. The van der Waals surface area contributed by atoms with Crippen molar-refractivity contribution in [2.75, 3.05) is 0 Å². The van der Waals surface area contributed by atoms with Gasteiger partial charge < -0.3 is 4.57 Å². The van der Waals surface area contributed by atoms with Gasteiger partial charge in [-0.05, 0) is 29.3 Å². The first-order valence-electron chi connectivity index (χ1n) is 6.99. The molecule has 2 aromatic carbocycles. The average Bonchev–Trinajstić information content (AvgIpc) is 2.97. The van der Waals surface area contributed by atoms with Crippen LogP contribution in [-0.2, 0) is 13.0 Å². The molecule has 0 aliphatic heterocycles. The lowest BCUT2D eigenvalue weighted by Gasteiger charge is -2.09. The lowest BCUT2D eigenvalue weighted by atomic mass is 10.1. The van der Waals surface area contributed by atoms with Crippen LogP contribution in [0.5, 0.6) is 0 Å². The third-order valence-electron chi connectivity index (χ3n) is 3.54. The van der Waals surface area contributed by atoms with Gasteiger partial charge in [0.05, 0.1) is 11.6 Å². The average molecular weight is 308 g/mol. The first-order valence-corrected chi connectivity index (χ1v) is 7.36. The highest BCUT2D eigenvalue weighted by Gasteiger charge is 2.07. The van der Waals surface area contributed by atoms with E-state index < -0.39 is 0 Å². The summed E-state index contributed by atoms with van der Waals surface area (Å²) in [6, 6.07) is 17.6. The molecule has 3 nitrogen and oxygen atoms in total. The van der Waals surface area contributed by atoms with E-state index in [1.807, 2.05) is 54.7 Å². The molecule has 1 aromatic heterocycles. The molecule has 0 aliphatic rings. The van der Waals surface area contributed by atoms with Gasteiger partial charge in [0, 0.05) is 30.4 Å². The molecule has 0 amide bonds. The first-order chi connectivity index (χ1) is 10.8. The zero-order valence-corrected chi connectivity index (χ0v) is 12.7. The summed E-state index contributed by atoms with van der Waals surface area (Å²) >= 11 is 6.22. The van der Waals surface area contributed by atoms with E-state index in [0.29, 0.717) is 12.0 Å². The molecular weight excluding hydrogens is 294 g/mol. The Balaban J connectivity index is 1.80. The van der Waals surface area contributed by atoms with Gasteiger partial charge in [0.25, 0.3) is 0 Å². The van der Waals surface area contributed by atoms with E-state index in [4.69, 9.17) is 16.9 Å². The topological polar surface area (TPSA) is 41.6 Å². The number of hydrogen-bond donors (Lipinski definition) is 0. The second-order valence-corrected chi connectivity index (χ2v) is 5.46. The first kappa shape index (κ1) is 14.4. The number of hydrogen-bond acceptors (Lipinski definition) is 2. The van der Waals surface area contributed by atoms with E-state index in [-0.39, 0.29) is 0 Å². The van der Waals surface area contributed by atoms with Crippen molar-refractivity contribution in [3.8, 4) is 6.07 Å². The Morgan fingerprint density at radius 2 is 1.86 bits per heavy atom. The van der Waals surface area contributed by atoms with Gasteiger partial charge >= 0.3 is 0 Å². The van der Waals surface area contributed by atoms with Gasteiger partial charge in [0.2, 0.25) is 0 Å². The molecule has 0 bridgehead atoms. The second-order valence-electron chi connectivity index (χ2n) is 5.05. The van der Waals surface area contributed by atoms with Crippen LogP contribution < -0.4 is 0 Å². The zero-order chi connectivity index (χ0) is 15.4. The van der Waals surface area contributed by atoms with Crippen molar-refractivity contribution in [3.05, 3.63) is 88.5 Å². The summed E-state index contributed by atoms with van der Waals surface area (Å²) in [5, 5.41) is 9.60. The normalized spacial score (nSPS) is 10.4. The third kappa shape index (κ3) is 3.19. The number of benzene rings is 2. The molecule has 108 valence electrons. The molecule has 1 heterocycles. The smallest absolute Gasteiger partial charge is 0.113 e. The number of imidazole rings is 1. The summed E-state index contributed by atoms with van der Waals surface area (Å²) in [4.78, 5) is 4.43. The van der Waals surface area contributed by atoms with Crippen LogP contribution in [0.2, 0.25) is 5.02 Å². The Kier molecular flexibility index (Phi) is 4.22. The minimum Gasteiger partial charge on any atom is -0.330 e. The van der Waals surface area contributed by atoms with Gasteiger partial charge in [-0.3, -0.25) is 0 Å². The van der Waals surface area contributed by atoms with E-state index in [9.17, 15) is 0 Å².